The SMILES string of the molecule is CN(C)S(=O)(=O)Nc1cc(C#CCO)ccc1Cl. The number of benzene rings is 1. The van der Waals surface area contributed by atoms with Gasteiger partial charge in [-0.2, -0.15) is 12.7 Å². The minimum absolute atomic E-state index is 0.245. The molecule has 18 heavy (non-hydrogen) atoms. The maximum absolute atomic E-state index is 11.7. The number of nitrogens with one attached hydrogen (secondary N) is 1. The van der Waals surface area contributed by atoms with E-state index in [2.05, 4.69) is 16.6 Å². The third kappa shape index (κ3) is 3.89. The fourth-order valence-electron chi connectivity index (χ4n) is 1.05. The molecule has 0 saturated carbocycles. The van der Waals surface area contributed by atoms with E-state index in [-0.39, 0.29) is 17.3 Å². The van der Waals surface area contributed by atoms with E-state index in [4.69, 9.17) is 16.7 Å². The highest BCUT2D eigenvalue weighted by atomic mass is 35.5. The van der Waals surface area contributed by atoms with Gasteiger partial charge in [0.2, 0.25) is 0 Å². The van der Waals surface area contributed by atoms with Crippen LogP contribution in [0.3, 0.4) is 0 Å². The molecule has 1 aromatic rings. The van der Waals surface area contributed by atoms with E-state index in [1.54, 1.807) is 6.07 Å². The fourth-order valence-corrected chi connectivity index (χ4v) is 1.90. The first-order valence-electron chi connectivity index (χ1n) is 4.96. The molecule has 0 heterocycles. The van der Waals surface area contributed by atoms with Crippen molar-refractivity contribution in [3.05, 3.63) is 28.8 Å². The second kappa shape index (κ2) is 6.07. The average molecular weight is 289 g/mol. The van der Waals surface area contributed by atoms with Crippen LogP contribution >= 0.6 is 11.6 Å². The molecule has 0 spiro atoms. The average Bonchev–Trinajstić information content (AvgIpc) is 2.29. The Morgan fingerprint density at radius 1 is 1.44 bits per heavy atom. The van der Waals surface area contributed by atoms with Crippen LogP contribution in [0.15, 0.2) is 18.2 Å². The summed E-state index contributed by atoms with van der Waals surface area (Å²) in [5.74, 6) is 5.14. The molecule has 0 radical (unpaired) electrons. The van der Waals surface area contributed by atoms with Crippen molar-refractivity contribution < 1.29 is 13.5 Å². The van der Waals surface area contributed by atoms with Crippen LogP contribution in [0.4, 0.5) is 5.69 Å². The van der Waals surface area contributed by atoms with E-state index >= 15 is 0 Å². The van der Waals surface area contributed by atoms with Gasteiger partial charge in [-0.05, 0) is 18.2 Å². The highest BCUT2D eigenvalue weighted by molar-refractivity contribution is 7.90. The van der Waals surface area contributed by atoms with Crippen molar-refractivity contribution >= 4 is 27.5 Å². The first-order valence-corrected chi connectivity index (χ1v) is 6.78. The molecule has 0 saturated heterocycles. The Labute approximate surface area is 112 Å². The minimum Gasteiger partial charge on any atom is -0.384 e. The topological polar surface area (TPSA) is 69.6 Å². The second-order valence-electron chi connectivity index (χ2n) is 3.54. The maximum Gasteiger partial charge on any atom is 0.301 e. The van der Waals surface area contributed by atoms with Gasteiger partial charge in [0.05, 0.1) is 10.7 Å². The quantitative estimate of drug-likeness (QED) is 0.812. The van der Waals surface area contributed by atoms with Crippen LogP contribution < -0.4 is 4.72 Å². The Bertz CT molecular complexity index is 588. The number of anilines is 1. The molecule has 1 rings (SSSR count). The van der Waals surface area contributed by atoms with E-state index in [9.17, 15) is 8.42 Å². The molecule has 0 amide bonds. The minimum atomic E-state index is -3.61. The lowest BCUT2D eigenvalue weighted by molar-refractivity contribution is 0.350. The summed E-state index contributed by atoms with van der Waals surface area (Å²) in [6.45, 7) is -0.263. The molecule has 0 aliphatic carbocycles. The maximum atomic E-state index is 11.7. The summed E-state index contributed by atoms with van der Waals surface area (Å²) in [5.41, 5.74) is 0.806. The van der Waals surface area contributed by atoms with Crippen LogP contribution in [0.5, 0.6) is 0 Å². The summed E-state index contributed by atoms with van der Waals surface area (Å²) >= 11 is 5.90. The number of rotatable bonds is 3. The van der Waals surface area contributed by atoms with E-state index in [1.165, 1.54) is 26.2 Å². The van der Waals surface area contributed by atoms with E-state index in [0.29, 0.717) is 5.56 Å². The summed E-state index contributed by atoms with van der Waals surface area (Å²) < 4.78 is 26.7. The smallest absolute Gasteiger partial charge is 0.301 e. The molecule has 0 unspecified atom stereocenters. The third-order valence-electron chi connectivity index (χ3n) is 2.00. The molecular weight excluding hydrogens is 276 g/mol. The van der Waals surface area contributed by atoms with Gasteiger partial charge in [-0.3, -0.25) is 4.72 Å². The lowest BCUT2D eigenvalue weighted by atomic mass is 10.2. The zero-order chi connectivity index (χ0) is 13.8. The Morgan fingerprint density at radius 2 is 2.11 bits per heavy atom. The molecule has 98 valence electrons. The Morgan fingerprint density at radius 3 is 2.67 bits per heavy atom. The van der Waals surface area contributed by atoms with Crippen LogP contribution in [0.2, 0.25) is 5.02 Å². The number of halogens is 1. The van der Waals surface area contributed by atoms with Gasteiger partial charge in [-0.15, -0.1) is 0 Å². The van der Waals surface area contributed by atoms with Crippen LogP contribution in [0, 0.1) is 11.8 Å². The van der Waals surface area contributed by atoms with Gasteiger partial charge in [0.25, 0.3) is 0 Å². The highest BCUT2D eigenvalue weighted by Gasteiger charge is 2.14. The predicted molar refractivity (Wildman–Crippen MR) is 71.6 cm³/mol. The Balaban J connectivity index is 3.09. The van der Waals surface area contributed by atoms with Gasteiger partial charge in [-0.1, -0.05) is 23.4 Å². The first kappa shape index (κ1) is 14.8. The van der Waals surface area contributed by atoms with Crippen molar-refractivity contribution in [1.82, 2.24) is 4.31 Å². The number of hydrogen-bond donors (Lipinski definition) is 2. The lowest BCUT2D eigenvalue weighted by Crippen LogP contribution is -2.29. The van der Waals surface area contributed by atoms with Gasteiger partial charge >= 0.3 is 10.2 Å². The Kier molecular flexibility index (Phi) is 4.99. The first-order chi connectivity index (χ1) is 8.36. The van der Waals surface area contributed by atoms with Crippen molar-refractivity contribution in [2.75, 3.05) is 25.4 Å². The molecule has 0 aliphatic heterocycles. The standard InChI is InChI=1S/C11H13ClN2O3S/c1-14(2)18(16,17)13-11-8-9(4-3-7-15)5-6-10(11)12/h5-6,8,13,15H,7H2,1-2H3. The van der Waals surface area contributed by atoms with Gasteiger partial charge in [0.1, 0.15) is 6.61 Å². The van der Waals surface area contributed by atoms with Crippen LogP contribution in [-0.2, 0) is 10.2 Å². The van der Waals surface area contributed by atoms with Crippen molar-refractivity contribution in [1.29, 1.82) is 0 Å². The van der Waals surface area contributed by atoms with Crippen molar-refractivity contribution in [2.45, 2.75) is 0 Å². The molecule has 0 aliphatic rings. The second-order valence-corrected chi connectivity index (χ2v) is 5.84. The van der Waals surface area contributed by atoms with Crippen molar-refractivity contribution in [3.8, 4) is 11.8 Å². The van der Waals surface area contributed by atoms with Crippen LogP contribution in [0.25, 0.3) is 0 Å². The van der Waals surface area contributed by atoms with E-state index in [0.717, 1.165) is 4.31 Å². The van der Waals surface area contributed by atoms with Crippen LogP contribution in [-0.4, -0.2) is 38.5 Å². The summed E-state index contributed by atoms with van der Waals surface area (Å²) in [6.07, 6.45) is 0. The molecule has 5 nitrogen and oxygen atoms in total. The molecule has 7 heteroatoms. The molecule has 2 N–H and O–H groups in total. The summed E-state index contributed by atoms with van der Waals surface area (Å²) in [5, 5.41) is 8.87. The van der Waals surface area contributed by atoms with Gasteiger partial charge in [0, 0.05) is 19.7 Å². The number of nitrogens with zero attached hydrogens (tertiary/aromatic N) is 1. The number of hydrogen-bond acceptors (Lipinski definition) is 3. The summed E-state index contributed by atoms with van der Waals surface area (Å²) in [4.78, 5) is 0. The number of aliphatic hydroxyl groups excluding tert-OH is 1. The molecular formula is C11H13ClN2O3S. The molecule has 0 fully saturated rings. The van der Waals surface area contributed by atoms with Crippen LogP contribution in [0.1, 0.15) is 5.56 Å². The highest BCUT2D eigenvalue weighted by Crippen LogP contribution is 2.24. The van der Waals surface area contributed by atoms with E-state index in [1.807, 2.05) is 0 Å². The van der Waals surface area contributed by atoms with Gasteiger partial charge in [-0.25, -0.2) is 0 Å². The third-order valence-corrected chi connectivity index (χ3v) is 3.77. The van der Waals surface area contributed by atoms with E-state index < -0.39 is 10.2 Å². The zero-order valence-electron chi connectivity index (χ0n) is 9.94. The van der Waals surface area contributed by atoms with Gasteiger partial charge in [0.15, 0.2) is 0 Å². The van der Waals surface area contributed by atoms with Gasteiger partial charge < -0.3 is 5.11 Å². The Hall–Kier alpha value is -1.26. The zero-order valence-corrected chi connectivity index (χ0v) is 11.5. The predicted octanol–water partition coefficient (Wildman–Crippen LogP) is 0.902. The largest absolute Gasteiger partial charge is 0.384 e. The monoisotopic (exact) mass is 288 g/mol. The fraction of sp³-hybridized carbons (Fsp3) is 0.273. The van der Waals surface area contributed by atoms with Crippen molar-refractivity contribution in [2.24, 2.45) is 0 Å². The molecule has 0 atom stereocenters. The molecule has 0 bridgehead atoms. The summed E-state index contributed by atoms with van der Waals surface area (Å²) in [6, 6.07) is 4.68. The van der Waals surface area contributed by atoms with Crippen molar-refractivity contribution in [3.63, 3.8) is 0 Å². The normalized spacial score (nSPS) is 10.9. The molecule has 1 aromatic carbocycles. The summed E-state index contributed by atoms with van der Waals surface area (Å²) in [7, 11) is -0.793. The molecule has 0 aromatic heterocycles. The number of aliphatic hydroxyl groups is 1. The lowest BCUT2D eigenvalue weighted by Gasteiger charge is -2.14.